The summed E-state index contributed by atoms with van der Waals surface area (Å²) in [7, 11) is 0. The summed E-state index contributed by atoms with van der Waals surface area (Å²) in [5, 5.41) is 86.1. The molecule has 2 amide bonds. The van der Waals surface area contributed by atoms with Crippen molar-refractivity contribution >= 4 is 75.8 Å². The zero-order valence-electron chi connectivity index (χ0n) is 46.8. The number of aliphatic hydroxyl groups is 2. The number of aliphatic imine (C=N–C) groups is 3. The number of nitrogens with two attached hydrogens (primary N) is 3. The number of aromatic nitrogens is 4. The standard InChI is InChI=1S/C45H62N6O12.C10H12N5O3.Co/c1-21-36-24(10-13-32(56)57)41(3,4)28(49-36)18-27-23(9-12-31(54)55)43(6,19-29(46)52)39(48-27)22(2)37-25(11-14-33(58)59)44(7,20-30(47)53)45(8,51-37)40-26(17-35(62)63)42(5,38(21)50-40)16-15-34(60)61;1-4-6(16)7(17)10(18-4)15-3-14-5-8(11)12-2-13-9(5)15;/h18,23-26,40H,9-17,19-20H2,1-8H3,(H10,46,47,48,49,50,51,52,53,54,55,56,57,58,59,60,61,62,63);2-4,6-7,10,16-17H,1H2,(H2,11,12,13);/q;-1;/p-6/t23-,24-,25-,26+,40-,42-,43+,44+,45+;4-,6-,7-,10-;/m11./s1. The third kappa shape index (κ3) is 11.6. The molecule has 2 saturated heterocycles. The van der Waals surface area contributed by atoms with Crippen LogP contribution in [0, 0.1) is 52.3 Å². The van der Waals surface area contributed by atoms with Crippen molar-refractivity contribution in [1.29, 1.82) is 0 Å². The third-order valence-electron chi connectivity index (χ3n) is 18.2. The Morgan fingerprint density at radius 2 is 1.30 bits per heavy atom. The molecule has 26 nitrogen and oxygen atoms in total. The first-order chi connectivity index (χ1) is 37.6. The summed E-state index contributed by atoms with van der Waals surface area (Å²) in [5.41, 5.74) is 14.4. The monoisotopic (exact) mass is 1180 g/mol. The van der Waals surface area contributed by atoms with E-state index >= 15 is 0 Å². The molecule has 0 aromatic carbocycles. The number of hydrogen-bond donors (Lipinski definition) is 5. The second kappa shape index (κ2) is 23.7. The molecule has 2 fully saturated rings. The van der Waals surface area contributed by atoms with Crippen molar-refractivity contribution < 1.29 is 90.8 Å². The molecular formula is C55H68CoN11O15-7. The van der Waals surface area contributed by atoms with Crippen molar-refractivity contribution in [2.45, 2.75) is 162 Å². The first-order valence-corrected chi connectivity index (χ1v) is 26.6. The summed E-state index contributed by atoms with van der Waals surface area (Å²) in [6.45, 7) is 17.4. The fourth-order valence-corrected chi connectivity index (χ4v) is 13.7. The van der Waals surface area contributed by atoms with Crippen LogP contribution in [0.2, 0.25) is 0 Å². The number of carboxylic acid groups (broad SMARTS) is 5. The molecule has 0 spiro atoms. The van der Waals surface area contributed by atoms with Crippen LogP contribution in [0.25, 0.3) is 16.5 Å². The van der Waals surface area contributed by atoms with E-state index in [0.717, 1.165) is 0 Å². The Morgan fingerprint density at radius 3 is 1.84 bits per heavy atom. The Kier molecular flexibility index (Phi) is 18.6. The number of anilines is 1. The Labute approximate surface area is 483 Å². The smallest absolute Gasteiger partial charge is 0.218 e. The Bertz CT molecular complexity index is 3150. The van der Waals surface area contributed by atoms with E-state index in [0.29, 0.717) is 39.4 Å². The quantitative estimate of drug-likeness (QED) is 0.0923. The van der Waals surface area contributed by atoms with Gasteiger partial charge >= 0.3 is 0 Å². The molecule has 82 heavy (non-hydrogen) atoms. The summed E-state index contributed by atoms with van der Waals surface area (Å²) in [4.78, 5) is 115. The van der Waals surface area contributed by atoms with Crippen molar-refractivity contribution in [2.24, 2.45) is 71.8 Å². The molecule has 0 aliphatic carbocycles. The maximum atomic E-state index is 13.3. The number of aliphatic hydroxyl groups excluding tert-OH is 2. The maximum absolute atomic E-state index is 13.3. The first-order valence-electron chi connectivity index (χ1n) is 26.6. The van der Waals surface area contributed by atoms with E-state index in [-0.39, 0.29) is 78.2 Å². The number of amides is 2. The van der Waals surface area contributed by atoms with Crippen LogP contribution in [-0.2, 0) is 55.1 Å². The van der Waals surface area contributed by atoms with E-state index in [2.05, 4.69) is 21.9 Å². The minimum atomic E-state index is -1.62. The predicted octanol–water partition coefficient (Wildman–Crippen LogP) is -2.31. The van der Waals surface area contributed by atoms with E-state index in [4.69, 9.17) is 42.2 Å². The molecule has 0 unspecified atom stereocenters. The van der Waals surface area contributed by atoms with Crippen LogP contribution in [0.1, 0.15) is 132 Å². The minimum Gasteiger partial charge on any atom is -0.682 e. The fraction of sp³-hybridized carbons (Fsp3) is 0.600. The van der Waals surface area contributed by atoms with Gasteiger partial charge in [0.15, 0.2) is 17.7 Å². The molecule has 13 atom stereocenters. The molecule has 2 aromatic rings. The number of hydrogen-bond acceptors (Lipinski definition) is 22. The van der Waals surface area contributed by atoms with Gasteiger partial charge in [-0.25, -0.2) is 15.0 Å². The number of carboxylic acids is 5. The predicted molar refractivity (Wildman–Crippen MR) is 279 cm³/mol. The first kappa shape index (κ1) is 64.2. The van der Waals surface area contributed by atoms with E-state index in [9.17, 15) is 69.3 Å². The number of rotatable bonds is 19. The van der Waals surface area contributed by atoms with Crippen molar-refractivity contribution in [3.05, 3.63) is 59.2 Å². The van der Waals surface area contributed by atoms with Gasteiger partial charge in [-0.05, 0) is 113 Å². The van der Waals surface area contributed by atoms with Gasteiger partial charge in [0.05, 0.1) is 23.7 Å². The van der Waals surface area contributed by atoms with E-state index < -0.39 is 155 Å². The van der Waals surface area contributed by atoms with Gasteiger partial charge in [-0.3, -0.25) is 29.1 Å². The summed E-state index contributed by atoms with van der Waals surface area (Å²) < 4.78 is 6.90. The molecule has 27 heteroatoms. The topological polar surface area (TPSA) is 457 Å². The van der Waals surface area contributed by atoms with Crippen LogP contribution in [-0.4, -0.2) is 118 Å². The van der Waals surface area contributed by atoms with Crippen molar-refractivity contribution in [3.63, 3.8) is 0 Å². The van der Waals surface area contributed by atoms with Gasteiger partial charge in [-0.2, -0.15) is 5.70 Å². The van der Waals surface area contributed by atoms with Gasteiger partial charge in [-0.1, -0.05) is 40.7 Å². The molecule has 1 radical (unpaired) electrons. The number of imidazole rings is 1. The van der Waals surface area contributed by atoms with E-state index in [1.54, 1.807) is 47.6 Å². The van der Waals surface area contributed by atoms with Gasteiger partial charge in [0.25, 0.3) is 0 Å². The molecule has 2 aromatic heterocycles. The number of carbonyl (C=O) groups is 7. The largest absolute Gasteiger partial charge is 0.682 e. The van der Waals surface area contributed by atoms with Gasteiger partial charge in [0, 0.05) is 116 Å². The summed E-state index contributed by atoms with van der Waals surface area (Å²) >= 11 is 0. The maximum Gasteiger partial charge on any atom is 0.218 e. The van der Waals surface area contributed by atoms with Crippen LogP contribution in [0.15, 0.2) is 61.9 Å². The average Bonchev–Trinajstić information content (AvgIpc) is 2.58. The van der Waals surface area contributed by atoms with Crippen molar-refractivity contribution in [1.82, 2.24) is 19.5 Å². The van der Waals surface area contributed by atoms with Crippen molar-refractivity contribution in [3.8, 4) is 0 Å². The van der Waals surface area contributed by atoms with E-state index in [1.165, 1.54) is 17.2 Å². The number of aliphatic carboxylic acids is 5. The van der Waals surface area contributed by atoms with Crippen LogP contribution >= 0.6 is 0 Å². The van der Waals surface area contributed by atoms with Crippen LogP contribution in [0.4, 0.5) is 5.82 Å². The Morgan fingerprint density at radius 1 is 0.732 bits per heavy atom. The molecule has 449 valence electrons. The second-order valence-electron chi connectivity index (χ2n) is 23.6. The van der Waals surface area contributed by atoms with Gasteiger partial charge in [0.1, 0.15) is 17.9 Å². The SMILES string of the molecule is C/C1=C2/[N-][C@H]([C@H](CC(=O)[O-])[C@@]2(C)CCC(=O)[O-])[C@]2(C)N=C(/C(C)=C3N=C(/C=C4N=C1[C@@H](CCC(=O)[O-])C\4(C)C)[C@@H](CCC(=O)[O-])[C@]\3(C)CC(N)=O)[C@@H](CCC(=O)[O-])[C@]2(C)CC(N)=O.[CH2-][C@H]1O[C@@H](n2cnc3c(N)ncnc32)[C@H](O)[C@@H]1O.[Co]. The summed E-state index contributed by atoms with van der Waals surface area (Å²) in [5.74, 6) is -11.8. The molecule has 8 heterocycles. The number of primary amides is 2. The number of fused-ring (bicyclic) bond motifs is 7. The van der Waals surface area contributed by atoms with E-state index in [1.807, 2.05) is 13.8 Å². The van der Waals surface area contributed by atoms with Crippen molar-refractivity contribution in [2.75, 3.05) is 5.73 Å². The molecule has 6 aliphatic rings. The zero-order valence-corrected chi connectivity index (χ0v) is 47.8. The molecule has 8 bridgehead atoms. The summed E-state index contributed by atoms with van der Waals surface area (Å²) in [6.07, 6.45) is -2.86. The zero-order chi connectivity index (χ0) is 60.2. The minimum absolute atomic E-state index is 0. The molecule has 8 rings (SSSR count). The summed E-state index contributed by atoms with van der Waals surface area (Å²) in [6, 6.07) is -1.18. The number of allylic oxidation sites excluding steroid dienone is 6. The van der Waals surface area contributed by atoms with Gasteiger partial charge in [0.2, 0.25) is 11.8 Å². The molecule has 8 N–H and O–H groups in total. The van der Waals surface area contributed by atoms with Gasteiger partial charge < -0.3 is 93.9 Å². The number of nitrogens with zero attached hydrogens (tertiary/aromatic N) is 8. The van der Waals surface area contributed by atoms with Crippen LogP contribution < -0.4 is 42.7 Å². The number of carbonyl (C=O) groups excluding carboxylic acids is 7. The molecule has 0 saturated carbocycles. The molecule has 6 aliphatic heterocycles. The van der Waals surface area contributed by atoms with Crippen LogP contribution in [0.5, 0.6) is 0 Å². The fourth-order valence-electron chi connectivity index (χ4n) is 13.7. The third-order valence-corrected chi connectivity index (χ3v) is 18.2. The Balaban J connectivity index is 0.000000477. The molecular weight excluding hydrogens is 1110 g/mol. The average molecular weight is 1180 g/mol. The second-order valence-corrected chi connectivity index (χ2v) is 23.6. The normalized spacial score (nSPS) is 34.8. The number of nitrogen functional groups attached to an aromatic ring is 1. The Hall–Kier alpha value is -6.94. The van der Waals surface area contributed by atoms with Crippen LogP contribution in [0.3, 0.4) is 0 Å². The van der Waals surface area contributed by atoms with Gasteiger partial charge in [-0.15, -0.1) is 0 Å². The number of ether oxygens (including phenoxy) is 1.